The first-order valence-corrected chi connectivity index (χ1v) is 12.6. The van der Waals surface area contributed by atoms with Gasteiger partial charge in [-0.2, -0.15) is 0 Å². The largest absolute Gasteiger partial charge is 0.444 e. The van der Waals surface area contributed by atoms with Gasteiger partial charge in [-0.05, 0) is 81.4 Å². The molecule has 0 spiro atoms. The van der Waals surface area contributed by atoms with Crippen LogP contribution in [-0.2, 0) is 22.6 Å². The Hall–Kier alpha value is -3.16. The van der Waals surface area contributed by atoms with Crippen LogP contribution in [0.25, 0.3) is 10.8 Å². The average Bonchev–Trinajstić information content (AvgIpc) is 2.83. The molecule has 4 rings (SSSR count). The van der Waals surface area contributed by atoms with Crippen LogP contribution >= 0.6 is 0 Å². The second kappa shape index (κ2) is 11.3. The number of nitrogens with one attached hydrogen (secondary N) is 1. The number of benzene rings is 2. The number of piperidine rings is 1. The lowest BCUT2D eigenvalue weighted by molar-refractivity contribution is 0.00213. The van der Waals surface area contributed by atoms with Crippen molar-refractivity contribution in [2.24, 2.45) is 0 Å². The Bertz CT molecular complexity index is 1170. The number of aromatic nitrogens is 1. The summed E-state index contributed by atoms with van der Waals surface area (Å²) in [5, 5.41) is 4.64. The van der Waals surface area contributed by atoms with Gasteiger partial charge in [0, 0.05) is 44.0 Å². The van der Waals surface area contributed by atoms with E-state index in [4.69, 9.17) is 9.47 Å². The summed E-state index contributed by atoms with van der Waals surface area (Å²) in [5.41, 5.74) is 2.97. The molecule has 1 saturated heterocycles. The molecule has 1 fully saturated rings. The molecule has 1 aliphatic rings. The van der Waals surface area contributed by atoms with E-state index in [0.717, 1.165) is 48.9 Å². The number of fused-ring (bicyclic) bond motifs is 1. The van der Waals surface area contributed by atoms with Crippen LogP contribution in [0.3, 0.4) is 0 Å². The predicted molar refractivity (Wildman–Crippen MR) is 145 cm³/mol. The second-order valence-corrected chi connectivity index (χ2v) is 10.7. The van der Waals surface area contributed by atoms with E-state index >= 15 is 0 Å². The van der Waals surface area contributed by atoms with Crippen LogP contribution in [0.15, 0.2) is 54.7 Å². The minimum Gasteiger partial charge on any atom is -0.444 e. The first-order valence-electron chi connectivity index (χ1n) is 12.6. The number of pyridine rings is 1. The predicted octanol–water partition coefficient (Wildman–Crippen LogP) is 5.83. The summed E-state index contributed by atoms with van der Waals surface area (Å²) in [6.45, 7) is 9.19. The van der Waals surface area contributed by atoms with Gasteiger partial charge < -0.3 is 19.3 Å². The Kier molecular flexibility index (Phi) is 8.11. The van der Waals surface area contributed by atoms with Crippen molar-refractivity contribution in [3.63, 3.8) is 0 Å². The molecule has 1 amide bonds. The normalized spacial score (nSPS) is 15.1. The lowest BCUT2D eigenvalue weighted by atomic mass is 10.1. The molecule has 0 aliphatic carbocycles. The van der Waals surface area contributed by atoms with E-state index < -0.39 is 11.7 Å². The van der Waals surface area contributed by atoms with Gasteiger partial charge in [0.2, 0.25) is 0 Å². The summed E-state index contributed by atoms with van der Waals surface area (Å²) in [7, 11) is 4.25. The van der Waals surface area contributed by atoms with Crippen molar-refractivity contribution in [2.45, 2.75) is 58.5 Å². The molecule has 192 valence electrons. The fraction of sp³-hybridized carbons (Fsp3) is 0.448. The molecular weight excluding hydrogens is 452 g/mol. The summed E-state index contributed by atoms with van der Waals surface area (Å²) in [6, 6.07) is 16.8. The van der Waals surface area contributed by atoms with Crippen LogP contribution < -0.4 is 10.2 Å². The third kappa shape index (κ3) is 7.18. The maximum atomic E-state index is 12.2. The summed E-state index contributed by atoms with van der Waals surface area (Å²) >= 11 is 0. The Balaban J connectivity index is 1.36. The number of hydrogen-bond donors (Lipinski definition) is 1. The van der Waals surface area contributed by atoms with E-state index in [1.54, 1.807) is 6.20 Å². The molecule has 2 heterocycles. The highest BCUT2D eigenvalue weighted by Gasteiger charge is 2.18. The van der Waals surface area contributed by atoms with Crippen molar-refractivity contribution in [2.75, 3.05) is 37.4 Å². The summed E-state index contributed by atoms with van der Waals surface area (Å²) < 4.78 is 11.5. The third-order valence-corrected chi connectivity index (χ3v) is 6.40. The van der Waals surface area contributed by atoms with Crippen LogP contribution in [0.4, 0.5) is 16.3 Å². The van der Waals surface area contributed by atoms with E-state index in [1.165, 1.54) is 11.1 Å². The summed E-state index contributed by atoms with van der Waals surface area (Å²) in [5.74, 6) is 0.494. The quantitative estimate of drug-likeness (QED) is 0.450. The summed E-state index contributed by atoms with van der Waals surface area (Å²) in [4.78, 5) is 21.1. The smallest absolute Gasteiger partial charge is 0.413 e. The molecular formula is C29H38N4O3. The lowest BCUT2D eigenvalue weighted by Crippen LogP contribution is -2.34. The van der Waals surface area contributed by atoms with Crippen LogP contribution in [-0.4, -0.2) is 54.9 Å². The molecule has 0 radical (unpaired) electrons. The van der Waals surface area contributed by atoms with Crippen molar-refractivity contribution in [1.82, 2.24) is 9.88 Å². The fourth-order valence-electron chi connectivity index (χ4n) is 4.37. The molecule has 1 aliphatic heterocycles. The van der Waals surface area contributed by atoms with Crippen molar-refractivity contribution in [1.29, 1.82) is 0 Å². The number of rotatable bonds is 7. The molecule has 0 bridgehead atoms. The van der Waals surface area contributed by atoms with E-state index in [0.29, 0.717) is 18.5 Å². The number of ether oxygens (including phenoxy) is 2. The highest BCUT2D eigenvalue weighted by Crippen LogP contribution is 2.27. The lowest BCUT2D eigenvalue weighted by Gasteiger charge is -2.28. The van der Waals surface area contributed by atoms with Gasteiger partial charge in [0.25, 0.3) is 0 Å². The monoisotopic (exact) mass is 490 g/mol. The molecule has 36 heavy (non-hydrogen) atoms. The molecule has 0 atom stereocenters. The number of nitrogens with zero attached hydrogens (tertiary/aromatic N) is 3. The average molecular weight is 491 g/mol. The van der Waals surface area contributed by atoms with E-state index in [-0.39, 0.29) is 0 Å². The van der Waals surface area contributed by atoms with Crippen molar-refractivity contribution >= 4 is 28.4 Å². The number of carbonyl (C=O) groups is 1. The molecule has 7 nitrogen and oxygen atoms in total. The van der Waals surface area contributed by atoms with E-state index in [1.807, 2.05) is 39.0 Å². The Morgan fingerprint density at radius 3 is 2.47 bits per heavy atom. The standard InChI is InChI=1S/C29H38N4O3/c1-29(2,3)36-28(34)31-27-26-11-10-24(18-23(26)12-15-30-27)33(5)19-21-6-8-22(9-7-21)20-35-25-13-16-32(4)17-14-25/h6-12,15,18,25H,13-14,16-17,19-20H2,1-5H3,(H,30,31,34). The molecule has 7 heteroatoms. The maximum Gasteiger partial charge on any atom is 0.413 e. The van der Waals surface area contributed by atoms with Crippen molar-refractivity contribution < 1.29 is 14.3 Å². The molecule has 0 saturated carbocycles. The highest BCUT2D eigenvalue weighted by atomic mass is 16.6. The third-order valence-electron chi connectivity index (χ3n) is 6.40. The Morgan fingerprint density at radius 1 is 1.08 bits per heavy atom. The van der Waals surface area contributed by atoms with Crippen LogP contribution in [0.1, 0.15) is 44.7 Å². The van der Waals surface area contributed by atoms with Gasteiger partial charge in [-0.3, -0.25) is 5.32 Å². The van der Waals surface area contributed by atoms with E-state index in [2.05, 4.69) is 64.5 Å². The van der Waals surface area contributed by atoms with E-state index in [9.17, 15) is 4.79 Å². The zero-order chi connectivity index (χ0) is 25.7. The van der Waals surface area contributed by atoms with Crippen molar-refractivity contribution in [3.05, 3.63) is 65.9 Å². The Morgan fingerprint density at radius 2 is 1.78 bits per heavy atom. The number of hydrogen-bond acceptors (Lipinski definition) is 6. The number of anilines is 2. The van der Waals surface area contributed by atoms with Gasteiger partial charge in [-0.25, -0.2) is 9.78 Å². The minimum atomic E-state index is -0.567. The van der Waals surface area contributed by atoms with Gasteiger partial charge >= 0.3 is 6.09 Å². The minimum absolute atomic E-state index is 0.370. The SMILES string of the molecule is CN1CCC(OCc2ccc(CN(C)c3ccc4c(NC(=O)OC(C)(C)C)nccc4c3)cc2)CC1. The molecule has 1 aromatic heterocycles. The second-order valence-electron chi connectivity index (χ2n) is 10.7. The zero-order valence-electron chi connectivity index (χ0n) is 22.1. The maximum absolute atomic E-state index is 12.2. The van der Waals surface area contributed by atoms with Crippen LogP contribution in [0, 0.1) is 0 Å². The number of likely N-dealkylation sites (tertiary alicyclic amines) is 1. The van der Waals surface area contributed by atoms with Crippen molar-refractivity contribution in [3.8, 4) is 0 Å². The molecule has 3 aromatic rings. The van der Waals surface area contributed by atoms with Crippen LogP contribution in [0.2, 0.25) is 0 Å². The zero-order valence-corrected chi connectivity index (χ0v) is 22.1. The van der Waals surface area contributed by atoms with Gasteiger partial charge in [0.1, 0.15) is 11.4 Å². The summed E-state index contributed by atoms with van der Waals surface area (Å²) in [6.07, 6.45) is 3.78. The molecule has 2 aromatic carbocycles. The topological polar surface area (TPSA) is 66.9 Å². The van der Waals surface area contributed by atoms with Gasteiger partial charge in [0.05, 0.1) is 12.7 Å². The fourth-order valence-corrected chi connectivity index (χ4v) is 4.37. The highest BCUT2D eigenvalue weighted by molar-refractivity contribution is 5.99. The molecule has 0 unspecified atom stereocenters. The van der Waals surface area contributed by atoms with Gasteiger partial charge in [-0.15, -0.1) is 0 Å². The van der Waals surface area contributed by atoms with Crippen LogP contribution in [0.5, 0.6) is 0 Å². The molecule has 1 N–H and O–H groups in total. The first-order chi connectivity index (χ1) is 17.2. The number of carbonyl (C=O) groups excluding carboxylic acids is 1. The number of amides is 1. The van der Waals surface area contributed by atoms with Gasteiger partial charge in [0.15, 0.2) is 0 Å². The van der Waals surface area contributed by atoms with Gasteiger partial charge in [-0.1, -0.05) is 24.3 Å². The first kappa shape index (κ1) is 25.9. The Labute approximate surface area is 214 Å².